The van der Waals surface area contributed by atoms with Gasteiger partial charge in [-0.3, -0.25) is 9.38 Å². The lowest BCUT2D eigenvalue weighted by atomic mass is 10.1. The lowest BCUT2D eigenvalue weighted by Crippen LogP contribution is -2.05. The molecule has 0 amide bonds. The predicted octanol–water partition coefficient (Wildman–Crippen LogP) is 3.42. The van der Waals surface area contributed by atoms with E-state index in [4.69, 9.17) is 9.47 Å². The predicted molar refractivity (Wildman–Crippen MR) is 103 cm³/mol. The van der Waals surface area contributed by atoms with E-state index in [0.717, 1.165) is 33.9 Å². The molecule has 4 rings (SSSR count). The minimum absolute atomic E-state index is 0.622. The Balaban J connectivity index is 1.67. The van der Waals surface area contributed by atoms with Gasteiger partial charge in [-0.25, -0.2) is 0 Å². The van der Waals surface area contributed by atoms with E-state index in [1.165, 1.54) is 0 Å². The van der Waals surface area contributed by atoms with Gasteiger partial charge in [0.2, 0.25) is 0 Å². The average Bonchev–Trinajstić information content (AvgIpc) is 3.22. The monoisotopic (exact) mass is 361 g/mol. The number of benzene rings is 1. The van der Waals surface area contributed by atoms with Crippen LogP contribution in [0.5, 0.6) is 11.5 Å². The van der Waals surface area contributed by atoms with E-state index in [0.29, 0.717) is 12.3 Å². The van der Waals surface area contributed by atoms with Gasteiger partial charge < -0.3 is 14.8 Å². The molecule has 3 aromatic heterocycles. The number of methoxy groups -OCH3 is 2. The summed E-state index contributed by atoms with van der Waals surface area (Å²) in [5, 5.41) is 11.8. The van der Waals surface area contributed by atoms with Crippen molar-refractivity contribution in [1.29, 1.82) is 0 Å². The molecule has 0 saturated carbocycles. The number of para-hydroxylation sites is 1. The minimum Gasteiger partial charge on any atom is -0.496 e. The van der Waals surface area contributed by atoms with E-state index in [-0.39, 0.29) is 0 Å². The molecule has 0 aliphatic carbocycles. The number of hydrogen-bond donors (Lipinski definition) is 1. The standard InChI is InChI=1S/C20H19N5O2/c1-26-16-9-15(10-21-12-16)17-7-8-19(25-13-23-24-20(17)25)22-11-14-5-3-4-6-18(14)27-2/h3-10,12-13,22H,11H2,1-2H3. The van der Waals surface area contributed by atoms with Gasteiger partial charge in [0.05, 0.1) is 20.4 Å². The quantitative estimate of drug-likeness (QED) is 0.567. The van der Waals surface area contributed by atoms with Crippen LogP contribution in [0.4, 0.5) is 5.82 Å². The number of anilines is 1. The molecule has 0 unspecified atom stereocenters. The molecule has 1 N–H and O–H groups in total. The second kappa shape index (κ2) is 7.33. The first-order valence-electron chi connectivity index (χ1n) is 8.48. The molecule has 1 aromatic carbocycles. The fourth-order valence-corrected chi connectivity index (χ4v) is 2.99. The summed E-state index contributed by atoms with van der Waals surface area (Å²) in [7, 11) is 3.30. The molecule has 27 heavy (non-hydrogen) atoms. The van der Waals surface area contributed by atoms with Crippen LogP contribution >= 0.6 is 0 Å². The summed E-state index contributed by atoms with van der Waals surface area (Å²) in [6, 6.07) is 13.9. The molecule has 0 aliphatic heterocycles. The molecule has 0 bridgehead atoms. The molecule has 3 heterocycles. The van der Waals surface area contributed by atoms with Crippen LogP contribution in [0.25, 0.3) is 16.8 Å². The van der Waals surface area contributed by atoms with Crippen molar-refractivity contribution < 1.29 is 9.47 Å². The Bertz CT molecular complexity index is 1080. The third-order valence-electron chi connectivity index (χ3n) is 4.37. The van der Waals surface area contributed by atoms with Crippen LogP contribution < -0.4 is 14.8 Å². The first kappa shape index (κ1) is 16.8. The van der Waals surface area contributed by atoms with Gasteiger partial charge in [-0.1, -0.05) is 18.2 Å². The number of nitrogens with one attached hydrogen (secondary N) is 1. The molecule has 0 radical (unpaired) electrons. The summed E-state index contributed by atoms with van der Waals surface area (Å²) in [6.07, 6.45) is 5.15. The van der Waals surface area contributed by atoms with Crippen molar-refractivity contribution in [2.45, 2.75) is 6.54 Å². The number of rotatable bonds is 6. The molecule has 0 atom stereocenters. The van der Waals surface area contributed by atoms with Crippen molar-refractivity contribution in [3.63, 3.8) is 0 Å². The third-order valence-corrected chi connectivity index (χ3v) is 4.37. The number of nitrogens with zero attached hydrogens (tertiary/aromatic N) is 4. The van der Waals surface area contributed by atoms with Crippen LogP contribution in [0.1, 0.15) is 5.56 Å². The third kappa shape index (κ3) is 3.27. The second-order valence-corrected chi connectivity index (χ2v) is 5.94. The van der Waals surface area contributed by atoms with Gasteiger partial charge in [0.1, 0.15) is 23.6 Å². The fraction of sp³-hybridized carbons (Fsp3) is 0.150. The van der Waals surface area contributed by atoms with E-state index < -0.39 is 0 Å². The summed E-state index contributed by atoms with van der Waals surface area (Å²) < 4.78 is 12.6. The smallest absolute Gasteiger partial charge is 0.170 e. The van der Waals surface area contributed by atoms with Crippen LogP contribution in [0.3, 0.4) is 0 Å². The van der Waals surface area contributed by atoms with Gasteiger partial charge in [0, 0.05) is 29.4 Å². The van der Waals surface area contributed by atoms with Crippen LogP contribution in [0.2, 0.25) is 0 Å². The van der Waals surface area contributed by atoms with E-state index in [2.05, 4.69) is 20.5 Å². The van der Waals surface area contributed by atoms with Crippen LogP contribution in [-0.2, 0) is 6.54 Å². The Morgan fingerprint density at radius 1 is 1.04 bits per heavy atom. The van der Waals surface area contributed by atoms with Gasteiger partial charge >= 0.3 is 0 Å². The van der Waals surface area contributed by atoms with Crippen molar-refractivity contribution >= 4 is 11.5 Å². The summed E-state index contributed by atoms with van der Waals surface area (Å²) >= 11 is 0. The van der Waals surface area contributed by atoms with Crippen LogP contribution in [0.15, 0.2) is 61.2 Å². The summed E-state index contributed by atoms with van der Waals surface area (Å²) in [4.78, 5) is 4.23. The highest BCUT2D eigenvalue weighted by atomic mass is 16.5. The highest BCUT2D eigenvalue weighted by Crippen LogP contribution is 2.28. The molecular formula is C20H19N5O2. The van der Waals surface area contributed by atoms with E-state index in [9.17, 15) is 0 Å². The maximum Gasteiger partial charge on any atom is 0.170 e. The van der Waals surface area contributed by atoms with E-state index >= 15 is 0 Å². The molecule has 0 saturated heterocycles. The first-order valence-corrected chi connectivity index (χ1v) is 8.48. The topological polar surface area (TPSA) is 73.6 Å². The van der Waals surface area contributed by atoms with Crippen LogP contribution in [-0.4, -0.2) is 33.8 Å². The minimum atomic E-state index is 0.622. The first-order chi connectivity index (χ1) is 13.3. The van der Waals surface area contributed by atoms with Crippen molar-refractivity contribution in [3.8, 4) is 22.6 Å². The molecule has 7 nitrogen and oxygen atoms in total. The Labute approximate surface area is 156 Å². The van der Waals surface area contributed by atoms with E-state index in [1.807, 2.05) is 46.9 Å². The van der Waals surface area contributed by atoms with Gasteiger partial charge in [0.15, 0.2) is 5.65 Å². The largest absolute Gasteiger partial charge is 0.496 e. The molecule has 0 aliphatic rings. The second-order valence-electron chi connectivity index (χ2n) is 5.94. The van der Waals surface area contributed by atoms with Crippen molar-refractivity contribution in [1.82, 2.24) is 19.6 Å². The van der Waals surface area contributed by atoms with Gasteiger partial charge in [-0.2, -0.15) is 0 Å². The highest BCUT2D eigenvalue weighted by molar-refractivity contribution is 5.79. The van der Waals surface area contributed by atoms with Crippen LogP contribution in [0, 0.1) is 0 Å². The summed E-state index contributed by atoms with van der Waals surface area (Å²) in [5.74, 6) is 2.44. The van der Waals surface area contributed by atoms with E-state index in [1.54, 1.807) is 32.9 Å². The molecule has 7 heteroatoms. The zero-order chi connectivity index (χ0) is 18.6. The van der Waals surface area contributed by atoms with Crippen molar-refractivity contribution in [2.75, 3.05) is 19.5 Å². The summed E-state index contributed by atoms with van der Waals surface area (Å²) in [6.45, 7) is 0.622. The molecular weight excluding hydrogens is 342 g/mol. The van der Waals surface area contributed by atoms with Gasteiger partial charge in [0.25, 0.3) is 0 Å². The maximum atomic E-state index is 5.41. The number of hydrogen-bond acceptors (Lipinski definition) is 6. The molecule has 136 valence electrons. The summed E-state index contributed by atoms with van der Waals surface area (Å²) in [5.41, 5.74) is 3.67. The lowest BCUT2D eigenvalue weighted by Gasteiger charge is -2.13. The SMILES string of the molecule is COc1cncc(-c2ccc(NCc3ccccc3OC)n3cnnc23)c1. The van der Waals surface area contributed by atoms with Crippen molar-refractivity contribution in [3.05, 3.63) is 66.7 Å². The fourth-order valence-electron chi connectivity index (χ4n) is 2.99. The number of aromatic nitrogens is 4. The molecule has 0 spiro atoms. The number of ether oxygens (including phenoxy) is 2. The Morgan fingerprint density at radius 2 is 1.93 bits per heavy atom. The molecule has 0 fully saturated rings. The van der Waals surface area contributed by atoms with Gasteiger partial charge in [-0.05, 0) is 24.3 Å². The Hall–Kier alpha value is -3.61. The van der Waals surface area contributed by atoms with Gasteiger partial charge in [-0.15, -0.1) is 10.2 Å². The molecule has 4 aromatic rings. The zero-order valence-electron chi connectivity index (χ0n) is 15.1. The van der Waals surface area contributed by atoms with Crippen molar-refractivity contribution in [2.24, 2.45) is 0 Å². The number of pyridine rings is 2. The normalized spacial score (nSPS) is 10.7. The number of fused-ring (bicyclic) bond motifs is 1. The average molecular weight is 361 g/mol. The lowest BCUT2D eigenvalue weighted by molar-refractivity contribution is 0.410. The maximum absolute atomic E-state index is 5.41. The Kier molecular flexibility index (Phi) is 4.57. The highest BCUT2D eigenvalue weighted by Gasteiger charge is 2.11. The zero-order valence-corrected chi connectivity index (χ0v) is 15.1. The Morgan fingerprint density at radius 3 is 2.78 bits per heavy atom.